The summed E-state index contributed by atoms with van der Waals surface area (Å²) in [6.07, 6.45) is 5.61. The van der Waals surface area contributed by atoms with Gasteiger partial charge >= 0.3 is 0 Å². The smallest absolute Gasteiger partial charge is 0.222 e. The second-order valence-electron chi connectivity index (χ2n) is 9.05. The number of aryl methyl sites for hydroxylation is 1. The lowest BCUT2D eigenvalue weighted by Crippen LogP contribution is -2.41. The van der Waals surface area contributed by atoms with E-state index in [4.69, 9.17) is 32.0 Å². The first-order chi connectivity index (χ1) is 18.1. The van der Waals surface area contributed by atoms with Crippen LogP contribution in [0.3, 0.4) is 0 Å². The number of nitrogens with one attached hydrogen (secondary N) is 3. The number of nitrogen functional groups attached to an aromatic ring is 1. The minimum Gasteiger partial charge on any atom is -0.474 e. The number of nitrogens with zero attached hydrogens (tertiary/aromatic N) is 4. The van der Waals surface area contributed by atoms with Crippen molar-refractivity contribution in [3.8, 4) is 5.88 Å². The van der Waals surface area contributed by atoms with E-state index in [2.05, 4.69) is 15.3 Å². The van der Waals surface area contributed by atoms with E-state index in [0.29, 0.717) is 43.3 Å². The number of aromatic nitrogens is 3. The van der Waals surface area contributed by atoms with Crippen LogP contribution >= 0.6 is 0 Å². The molecule has 0 spiro atoms. The second-order valence-corrected chi connectivity index (χ2v) is 11.0. The molecule has 38 heavy (non-hydrogen) atoms. The minimum absolute atomic E-state index is 0.0744. The Balaban J connectivity index is 1.61. The van der Waals surface area contributed by atoms with Crippen molar-refractivity contribution in [2.75, 3.05) is 30.4 Å². The third kappa shape index (κ3) is 5.73. The molecule has 0 unspecified atom stereocenters. The van der Waals surface area contributed by atoms with E-state index in [9.17, 15) is 8.42 Å². The van der Waals surface area contributed by atoms with Crippen molar-refractivity contribution in [3.05, 3.63) is 59.2 Å². The molecule has 0 aliphatic carbocycles. The number of hydrogen-bond acceptors (Lipinski definition) is 11. The molecule has 7 N–H and O–H groups in total. The van der Waals surface area contributed by atoms with Crippen LogP contribution in [0.15, 0.2) is 42.4 Å². The Morgan fingerprint density at radius 2 is 2.03 bits per heavy atom. The number of piperidine rings is 1. The van der Waals surface area contributed by atoms with Crippen molar-refractivity contribution in [1.82, 2.24) is 19.3 Å². The number of fused-ring (bicyclic) bond motifs is 1. The molecule has 0 atom stereocenters. The Bertz CT molecular complexity index is 1510. The van der Waals surface area contributed by atoms with Crippen LogP contribution in [0.1, 0.15) is 29.7 Å². The number of nitrogens with two attached hydrogens (primary N) is 2. The van der Waals surface area contributed by atoms with Gasteiger partial charge in [-0.25, -0.2) is 27.7 Å². The molecule has 0 bridgehead atoms. The van der Waals surface area contributed by atoms with E-state index in [-0.39, 0.29) is 35.3 Å². The molecule has 1 aromatic carbocycles. The van der Waals surface area contributed by atoms with Crippen molar-refractivity contribution in [2.24, 2.45) is 5.73 Å². The summed E-state index contributed by atoms with van der Waals surface area (Å²) < 4.78 is 31.6. The summed E-state index contributed by atoms with van der Waals surface area (Å²) in [6.45, 7) is 3.05. The molecule has 0 radical (unpaired) electrons. The van der Waals surface area contributed by atoms with Gasteiger partial charge < -0.3 is 26.9 Å². The Hall–Kier alpha value is -4.10. The molecule has 1 fully saturated rings. The lowest BCUT2D eigenvalue weighted by atomic mass is 10.0. The summed E-state index contributed by atoms with van der Waals surface area (Å²) >= 11 is 0. The van der Waals surface area contributed by atoms with Crippen LogP contribution in [0.4, 0.5) is 11.6 Å². The average molecular weight is 538 g/mol. The highest BCUT2D eigenvalue weighted by molar-refractivity contribution is 7.88. The first kappa shape index (κ1) is 26.9. The molecule has 3 heterocycles. The lowest BCUT2D eigenvalue weighted by Gasteiger charge is -2.30. The zero-order valence-corrected chi connectivity index (χ0v) is 22.0. The maximum absolute atomic E-state index is 11.9. The van der Waals surface area contributed by atoms with Crippen molar-refractivity contribution in [1.29, 1.82) is 10.8 Å². The van der Waals surface area contributed by atoms with Crippen LogP contribution in [0.2, 0.25) is 0 Å². The largest absolute Gasteiger partial charge is 0.474 e. The number of anilines is 2. The van der Waals surface area contributed by atoms with Crippen molar-refractivity contribution >= 4 is 44.4 Å². The van der Waals surface area contributed by atoms with Crippen LogP contribution in [-0.4, -0.2) is 65.1 Å². The molecule has 4 rings (SSSR count). The SMILES string of the molecule is Cc1cccc2cc(CNc3ncnc(N)c3C(=N)/C(C=N)=C/N)nc(OC3CCN(S(C)(=O)=O)CC3)c12. The predicted molar refractivity (Wildman–Crippen MR) is 148 cm³/mol. The summed E-state index contributed by atoms with van der Waals surface area (Å²) in [4.78, 5) is 13.0. The molecule has 12 nitrogen and oxygen atoms in total. The number of allylic oxidation sites excluding steroid dienone is 1. The fourth-order valence-corrected chi connectivity index (χ4v) is 5.29. The van der Waals surface area contributed by atoms with Crippen molar-refractivity contribution < 1.29 is 13.2 Å². The Morgan fingerprint density at radius 3 is 2.68 bits per heavy atom. The summed E-state index contributed by atoms with van der Waals surface area (Å²) in [5, 5.41) is 21.0. The van der Waals surface area contributed by atoms with Crippen LogP contribution < -0.4 is 21.5 Å². The first-order valence-corrected chi connectivity index (χ1v) is 13.8. The summed E-state index contributed by atoms with van der Waals surface area (Å²) in [7, 11) is -3.23. The van der Waals surface area contributed by atoms with Gasteiger partial charge in [-0.05, 0) is 36.8 Å². The normalized spacial score (nSPS) is 15.4. The number of sulfonamides is 1. The van der Waals surface area contributed by atoms with Gasteiger partial charge in [0, 0.05) is 36.5 Å². The number of ether oxygens (including phenoxy) is 1. The fourth-order valence-electron chi connectivity index (χ4n) is 4.42. The monoisotopic (exact) mass is 537 g/mol. The third-order valence-electron chi connectivity index (χ3n) is 6.42. The molecular weight excluding hydrogens is 506 g/mol. The fraction of sp³-hybridized carbons (Fsp3) is 0.320. The zero-order valence-electron chi connectivity index (χ0n) is 21.2. The van der Waals surface area contributed by atoms with Crippen LogP contribution in [0.25, 0.3) is 10.8 Å². The number of rotatable bonds is 9. The highest BCUT2D eigenvalue weighted by Gasteiger charge is 2.27. The molecule has 3 aromatic rings. The highest BCUT2D eigenvalue weighted by Crippen LogP contribution is 2.31. The van der Waals surface area contributed by atoms with E-state index in [1.807, 2.05) is 31.2 Å². The predicted octanol–water partition coefficient (Wildman–Crippen LogP) is 2.19. The van der Waals surface area contributed by atoms with Crippen LogP contribution in [0.5, 0.6) is 5.88 Å². The zero-order chi connectivity index (χ0) is 27.4. The first-order valence-electron chi connectivity index (χ1n) is 12.0. The van der Waals surface area contributed by atoms with E-state index < -0.39 is 10.0 Å². The van der Waals surface area contributed by atoms with E-state index >= 15 is 0 Å². The number of pyridine rings is 1. The van der Waals surface area contributed by atoms with Gasteiger partial charge in [-0.1, -0.05) is 18.2 Å². The van der Waals surface area contributed by atoms with Crippen molar-refractivity contribution in [2.45, 2.75) is 32.4 Å². The standard InChI is InChI=1S/C25H31N9O3S/c1-15-4-3-5-16-10-18(13-30-24-21(23(29)31-14-32-24)22(28)17(11-26)12-27)33-25(20(15)16)37-19-6-8-34(9-7-19)38(2,35)36/h3-5,10-12,14,19,26,28H,6-9,13,27H2,1-2H3,(H3,29,30,31,32)/b17-12+,26-11?,28-22?. The Labute approximate surface area is 221 Å². The molecule has 1 saturated heterocycles. The summed E-state index contributed by atoms with van der Waals surface area (Å²) in [5.74, 6) is 0.883. The van der Waals surface area contributed by atoms with Crippen LogP contribution in [0, 0.1) is 17.7 Å². The maximum atomic E-state index is 11.9. The molecule has 13 heteroatoms. The van der Waals surface area contributed by atoms with Gasteiger partial charge in [0.05, 0.1) is 29.8 Å². The van der Waals surface area contributed by atoms with Gasteiger partial charge in [-0.15, -0.1) is 0 Å². The molecule has 1 aliphatic heterocycles. The van der Waals surface area contributed by atoms with Crippen molar-refractivity contribution in [3.63, 3.8) is 0 Å². The molecule has 0 saturated carbocycles. The Kier molecular flexibility index (Phi) is 7.88. The van der Waals surface area contributed by atoms with Gasteiger partial charge in [0.2, 0.25) is 15.9 Å². The highest BCUT2D eigenvalue weighted by atomic mass is 32.2. The quantitative estimate of drug-likeness (QED) is 0.254. The average Bonchev–Trinajstić information content (AvgIpc) is 2.88. The van der Waals surface area contributed by atoms with Gasteiger partial charge in [-0.3, -0.25) is 5.41 Å². The molecule has 200 valence electrons. The Morgan fingerprint density at radius 1 is 1.29 bits per heavy atom. The summed E-state index contributed by atoms with van der Waals surface area (Å²) in [6, 6.07) is 7.89. The lowest BCUT2D eigenvalue weighted by molar-refractivity contribution is 0.132. The van der Waals surface area contributed by atoms with Gasteiger partial charge in [0.25, 0.3) is 0 Å². The van der Waals surface area contributed by atoms with Crippen LogP contribution in [-0.2, 0) is 16.6 Å². The van der Waals surface area contributed by atoms with Gasteiger partial charge in [0.1, 0.15) is 24.1 Å². The molecular formula is C25H31N9O3S. The second kappa shape index (κ2) is 11.1. The number of benzene rings is 1. The summed E-state index contributed by atoms with van der Waals surface area (Å²) in [5.41, 5.74) is 13.6. The van der Waals surface area contributed by atoms with E-state index in [1.165, 1.54) is 16.9 Å². The third-order valence-corrected chi connectivity index (χ3v) is 7.72. The van der Waals surface area contributed by atoms with Gasteiger partial charge in [0.15, 0.2) is 0 Å². The molecule has 1 aliphatic rings. The van der Waals surface area contributed by atoms with E-state index in [0.717, 1.165) is 28.8 Å². The maximum Gasteiger partial charge on any atom is 0.222 e. The van der Waals surface area contributed by atoms with Gasteiger partial charge in [-0.2, -0.15) is 0 Å². The molecule has 0 amide bonds. The minimum atomic E-state index is -3.23. The molecule has 2 aromatic heterocycles. The topological polar surface area (TPSA) is 197 Å². The van der Waals surface area contributed by atoms with E-state index in [1.54, 1.807) is 0 Å². The number of hydrogen-bond donors (Lipinski definition) is 5.